The number of nitrogens with two attached hydrogens (primary N) is 1. The number of aryl methyl sites for hydroxylation is 1. The molecule has 0 radical (unpaired) electrons. The molecule has 1 unspecified atom stereocenters. The summed E-state index contributed by atoms with van der Waals surface area (Å²) in [5.41, 5.74) is 7.58. The highest BCUT2D eigenvalue weighted by Gasteiger charge is 2.41. The Labute approximate surface area is 164 Å². The van der Waals surface area contributed by atoms with Gasteiger partial charge in [-0.3, -0.25) is 10.7 Å². The van der Waals surface area contributed by atoms with Crippen LogP contribution in [0.3, 0.4) is 0 Å². The van der Waals surface area contributed by atoms with E-state index < -0.39 is 17.5 Å². The molecule has 1 aliphatic rings. The van der Waals surface area contributed by atoms with Crippen LogP contribution in [0.15, 0.2) is 71.2 Å². The molecule has 0 saturated carbocycles. The van der Waals surface area contributed by atoms with Gasteiger partial charge in [-0.15, -0.1) is 0 Å². The second kappa shape index (κ2) is 6.93. The number of alkyl halides is 3. The minimum Gasteiger partial charge on any atom is -0.366 e. The SMILES string of the molecule is Cn1ccc2cc(C3(N)N=CC(C(F)(F)F)=C(NCc4ccccn4)N3)ccc21. The van der Waals surface area contributed by atoms with Gasteiger partial charge in [-0.05, 0) is 30.3 Å². The molecule has 1 aliphatic heterocycles. The maximum Gasteiger partial charge on any atom is 0.421 e. The number of aromatic nitrogens is 2. The van der Waals surface area contributed by atoms with Gasteiger partial charge < -0.3 is 15.2 Å². The lowest BCUT2D eigenvalue weighted by Gasteiger charge is -2.34. The molecule has 0 spiro atoms. The highest BCUT2D eigenvalue weighted by atomic mass is 19.4. The fraction of sp³-hybridized carbons (Fsp3) is 0.200. The first-order valence-electron chi connectivity index (χ1n) is 8.89. The summed E-state index contributed by atoms with van der Waals surface area (Å²) < 4.78 is 42.4. The van der Waals surface area contributed by atoms with E-state index in [0.29, 0.717) is 11.3 Å². The number of rotatable bonds is 4. The molecule has 9 heteroatoms. The van der Waals surface area contributed by atoms with Crippen molar-refractivity contribution < 1.29 is 13.2 Å². The Hall–Kier alpha value is -3.33. The average molecular weight is 400 g/mol. The lowest BCUT2D eigenvalue weighted by atomic mass is 10.0. The molecule has 6 nitrogen and oxygen atoms in total. The van der Waals surface area contributed by atoms with E-state index in [-0.39, 0.29) is 12.4 Å². The summed E-state index contributed by atoms with van der Waals surface area (Å²) in [4.78, 5) is 8.12. The Kier molecular flexibility index (Phi) is 4.54. The Bertz CT molecular complexity index is 1100. The first kappa shape index (κ1) is 19.0. The van der Waals surface area contributed by atoms with Gasteiger partial charge in [0.2, 0.25) is 5.79 Å². The second-order valence-electron chi connectivity index (χ2n) is 6.81. The lowest BCUT2D eigenvalue weighted by Crippen LogP contribution is -2.54. The zero-order valence-electron chi connectivity index (χ0n) is 15.5. The van der Waals surface area contributed by atoms with Crippen LogP contribution in [-0.4, -0.2) is 21.9 Å². The maximum atomic E-state index is 13.5. The summed E-state index contributed by atoms with van der Waals surface area (Å²) in [6, 6.07) is 12.6. The van der Waals surface area contributed by atoms with Crippen molar-refractivity contribution in [3.8, 4) is 0 Å². The van der Waals surface area contributed by atoms with E-state index >= 15 is 0 Å². The molecule has 29 heavy (non-hydrogen) atoms. The predicted octanol–water partition coefficient (Wildman–Crippen LogP) is 2.88. The molecule has 0 aliphatic carbocycles. The number of hydrogen-bond donors (Lipinski definition) is 3. The van der Waals surface area contributed by atoms with Gasteiger partial charge in [0, 0.05) is 42.1 Å². The molecule has 3 aromatic rings. The first-order chi connectivity index (χ1) is 13.8. The van der Waals surface area contributed by atoms with Crippen LogP contribution in [0.1, 0.15) is 11.3 Å². The lowest BCUT2D eigenvalue weighted by molar-refractivity contribution is -0.0876. The zero-order chi connectivity index (χ0) is 20.6. The monoisotopic (exact) mass is 400 g/mol. The molecule has 1 aromatic carbocycles. The average Bonchev–Trinajstić information content (AvgIpc) is 3.07. The van der Waals surface area contributed by atoms with E-state index in [1.807, 2.05) is 36.0 Å². The molecule has 2 aromatic heterocycles. The quantitative estimate of drug-likeness (QED) is 0.629. The number of allylic oxidation sites excluding steroid dienone is 1. The third kappa shape index (κ3) is 3.68. The number of benzene rings is 1. The van der Waals surface area contributed by atoms with E-state index in [1.165, 1.54) is 0 Å². The summed E-state index contributed by atoms with van der Waals surface area (Å²) in [6.45, 7) is 0.102. The van der Waals surface area contributed by atoms with Crippen molar-refractivity contribution in [2.75, 3.05) is 0 Å². The molecule has 0 bridgehead atoms. The van der Waals surface area contributed by atoms with Crippen molar-refractivity contribution in [2.45, 2.75) is 18.5 Å². The van der Waals surface area contributed by atoms with Crippen molar-refractivity contribution in [1.82, 2.24) is 20.2 Å². The van der Waals surface area contributed by atoms with Gasteiger partial charge in [0.05, 0.1) is 12.2 Å². The van der Waals surface area contributed by atoms with Crippen LogP contribution in [0.5, 0.6) is 0 Å². The summed E-state index contributed by atoms with van der Waals surface area (Å²) in [6.07, 6.45) is -0.342. The van der Waals surface area contributed by atoms with E-state index in [0.717, 1.165) is 17.1 Å². The van der Waals surface area contributed by atoms with Gasteiger partial charge in [-0.25, -0.2) is 4.99 Å². The number of nitrogens with zero attached hydrogens (tertiary/aromatic N) is 3. The largest absolute Gasteiger partial charge is 0.421 e. The number of nitrogens with one attached hydrogen (secondary N) is 2. The van der Waals surface area contributed by atoms with Gasteiger partial charge in [0.1, 0.15) is 11.4 Å². The van der Waals surface area contributed by atoms with E-state index in [1.54, 1.807) is 30.5 Å². The molecule has 0 amide bonds. The highest BCUT2D eigenvalue weighted by molar-refractivity contribution is 5.84. The zero-order valence-corrected chi connectivity index (χ0v) is 15.5. The molecule has 1 atom stereocenters. The smallest absolute Gasteiger partial charge is 0.366 e. The van der Waals surface area contributed by atoms with Gasteiger partial charge in [0.15, 0.2) is 0 Å². The normalized spacial score (nSPS) is 19.5. The summed E-state index contributed by atoms with van der Waals surface area (Å²) in [7, 11) is 1.91. The van der Waals surface area contributed by atoms with E-state index in [2.05, 4.69) is 20.6 Å². The van der Waals surface area contributed by atoms with Crippen LogP contribution in [0.4, 0.5) is 13.2 Å². The molecule has 0 fully saturated rings. The van der Waals surface area contributed by atoms with Crippen LogP contribution >= 0.6 is 0 Å². The van der Waals surface area contributed by atoms with Gasteiger partial charge in [-0.2, -0.15) is 13.2 Å². The fourth-order valence-corrected chi connectivity index (χ4v) is 3.22. The van der Waals surface area contributed by atoms with Crippen molar-refractivity contribution in [1.29, 1.82) is 0 Å². The molecule has 3 heterocycles. The van der Waals surface area contributed by atoms with Gasteiger partial charge in [0.25, 0.3) is 0 Å². The standard InChI is InChI=1S/C20H19F3N6/c1-29-9-7-13-10-14(5-6-17(13)29)20(24)27-12-16(19(21,22)23)18(28-20)26-11-15-4-2-3-8-25-15/h2-10,12,26,28H,11,24H2,1H3. The molecular formula is C20H19F3N6. The van der Waals surface area contributed by atoms with Crippen LogP contribution in [-0.2, 0) is 19.4 Å². The Morgan fingerprint density at radius 3 is 2.76 bits per heavy atom. The number of hydrogen-bond acceptors (Lipinski definition) is 5. The molecule has 150 valence electrons. The summed E-state index contributed by atoms with van der Waals surface area (Å²) in [5, 5.41) is 6.43. The van der Waals surface area contributed by atoms with Gasteiger partial charge >= 0.3 is 6.18 Å². The molecule has 4 N–H and O–H groups in total. The molecular weight excluding hydrogens is 381 g/mol. The minimum absolute atomic E-state index is 0.102. The van der Waals surface area contributed by atoms with Crippen molar-refractivity contribution >= 4 is 17.1 Å². The topological polar surface area (TPSA) is 80.3 Å². The third-order valence-corrected chi connectivity index (χ3v) is 4.79. The Morgan fingerprint density at radius 1 is 1.21 bits per heavy atom. The Balaban J connectivity index is 1.66. The van der Waals surface area contributed by atoms with Crippen LogP contribution in [0, 0.1) is 0 Å². The van der Waals surface area contributed by atoms with Crippen molar-refractivity contribution in [3.05, 3.63) is 77.5 Å². The third-order valence-electron chi connectivity index (χ3n) is 4.79. The second-order valence-corrected chi connectivity index (χ2v) is 6.81. The fourth-order valence-electron chi connectivity index (χ4n) is 3.22. The van der Waals surface area contributed by atoms with Gasteiger partial charge in [-0.1, -0.05) is 12.1 Å². The number of pyridine rings is 1. The van der Waals surface area contributed by atoms with Crippen LogP contribution in [0.25, 0.3) is 10.9 Å². The number of aliphatic imine (C=N–C) groups is 1. The summed E-state index contributed by atoms with van der Waals surface area (Å²) in [5.74, 6) is -1.78. The maximum absolute atomic E-state index is 13.5. The van der Waals surface area contributed by atoms with Crippen LogP contribution in [0.2, 0.25) is 0 Å². The molecule has 4 rings (SSSR count). The number of fused-ring (bicyclic) bond motifs is 1. The van der Waals surface area contributed by atoms with E-state index in [9.17, 15) is 13.2 Å². The Morgan fingerprint density at radius 2 is 2.03 bits per heavy atom. The predicted molar refractivity (Wildman–Crippen MR) is 105 cm³/mol. The summed E-state index contributed by atoms with van der Waals surface area (Å²) >= 11 is 0. The van der Waals surface area contributed by atoms with Crippen LogP contribution < -0.4 is 16.4 Å². The van der Waals surface area contributed by atoms with E-state index in [4.69, 9.17) is 5.73 Å². The molecule has 0 saturated heterocycles. The number of halogens is 3. The first-order valence-corrected chi connectivity index (χ1v) is 8.89. The van der Waals surface area contributed by atoms with Crippen molar-refractivity contribution in [3.63, 3.8) is 0 Å². The highest BCUT2D eigenvalue weighted by Crippen LogP contribution is 2.32. The van der Waals surface area contributed by atoms with Crippen molar-refractivity contribution in [2.24, 2.45) is 17.8 Å². The minimum atomic E-state index is -4.59.